The van der Waals surface area contributed by atoms with E-state index in [-0.39, 0.29) is 0 Å². The van der Waals surface area contributed by atoms with Crippen LogP contribution < -0.4 is 16.8 Å². The fourth-order valence-electron chi connectivity index (χ4n) is 1.64. The standard InChI is InChI=1S/C13H15N3OS/c1-8-4-5-18-12(8)7-16-11-3-2-9(13(15)17)6-10(11)14/h2-6,16H,7,14H2,1H3,(H2,15,17). The summed E-state index contributed by atoms with van der Waals surface area (Å²) < 4.78 is 0. The van der Waals surface area contributed by atoms with Gasteiger partial charge in [0.2, 0.25) is 5.91 Å². The number of hydrogen-bond acceptors (Lipinski definition) is 4. The lowest BCUT2D eigenvalue weighted by Crippen LogP contribution is -2.12. The number of primary amides is 1. The Labute approximate surface area is 110 Å². The molecule has 0 aliphatic rings. The van der Waals surface area contributed by atoms with Crippen molar-refractivity contribution >= 4 is 28.6 Å². The Kier molecular flexibility index (Phi) is 3.53. The fourth-order valence-corrected chi connectivity index (χ4v) is 2.48. The number of rotatable bonds is 4. The van der Waals surface area contributed by atoms with Crippen molar-refractivity contribution in [1.82, 2.24) is 0 Å². The quantitative estimate of drug-likeness (QED) is 0.739. The predicted octanol–water partition coefficient (Wildman–Crippen LogP) is 2.35. The number of hydrogen-bond donors (Lipinski definition) is 3. The molecule has 5 heteroatoms. The molecule has 0 saturated carbocycles. The second-order valence-electron chi connectivity index (χ2n) is 4.05. The first-order valence-corrected chi connectivity index (χ1v) is 6.42. The summed E-state index contributed by atoms with van der Waals surface area (Å²) in [4.78, 5) is 12.3. The normalized spacial score (nSPS) is 10.3. The number of carbonyl (C=O) groups excluding carboxylic acids is 1. The van der Waals surface area contributed by atoms with Crippen LogP contribution in [0.25, 0.3) is 0 Å². The Morgan fingerprint density at radius 3 is 2.72 bits per heavy atom. The number of thiophene rings is 1. The zero-order valence-corrected chi connectivity index (χ0v) is 10.9. The highest BCUT2D eigenvalue weighted by Crippen LogP contribution is 2.22. The molecule has 1 amide bonds. The molecule has 1 aromatic heterocycles. The lowest BCUT2D eigenvalue weighted by Gasteiger charge is -2.09. The highest BCUT2D eigenvalue weighted by molar-refractivity contribution is 7.10. The molecule has 0 atom stereocenters. The summed E-state index contributed by atoms with van der Waals surface area (Å²) >= 11 is 1.71. The van der Waals surface area contributed by atoms with E-state index in [4.69, 9.17) is 11.5 Å². The van der Waals surface area contributed by atoms with Gasteiger partial charge in [-0.25, -0.2) is 0 Å². The van der Waals surface area contributed by atoms with E-state index in [1.807, 2.05) is 0 Å². The van der Waals surface area contributed by atoms with Gasteiger partial charge in [0.05, 0.1) is 11.4 Å². The summed E-state index contributed by atoms with van der Waals surface area (Å²) in [7, 11) is 0. The first-order valence-electron chi connectivity index (χ1n) is 5.54. The maximum Gasteiger partial charge on any atom is 0.248 e. The van der Waals surface area contributed by atoms with Crippen molar-refractivity contribution in [3.05, 3.63) is 45.6 Å². The summed E-state index contributed by atoms with van der Waals surface area (Å²) in [6.07, 6.45) is 0. The Balaban J connectivity index is 2.11. The molecule has 5 N–H and O–H groups in total. The molecule has 1 heterocycles. The Morgan fingerprint density at radius 2 is 2.17 bits per heavy atom. The zero-order chi connectivity index (χ0) is 13.1. The topological polar surface area (TPSA) is 81.1 Å². The van der Waals surface area contributed by atoms with Gasteiger partial charge >= 0.3 is 0 Å². The number of aryl methyl sites for hydroxylation is 1. The number of benzene rings is 1. The van der Waals surface area contributed by atoms with Crippen LogP contribution in [0.1, 0.15) is 20.8 Å². The molecule has 0 aliphatic heterocycles. The van der Waals surface area contributed by atoms with Crippen molar-refractivity contribution in [2.24, 2.45) is 5.73 Å². The number of nitrogens with two attached hydrogens (primary N) is 2. The first-order chi connectivity index (χ1) is 8.58. The van der Waals surface area contributed by atoms with Crippen LogP contribution in [0.3, 0.4) is 0 Å². The van der Waals surface area contributed by atoms with Crippen molar-refractivity contribution < 1.29 is 4.79 Å². The molecule has 0 aliphatic carbocycles. The van der Waals surface area contributed by atoms with Crippen molar-refractivity contribution in [2.75, 3.05) is 11.1 Å². The molecule has 0 radical (unpaired) electrons. The van der Waals surface area contributed by atoms with Crippen LogP contribution in [0.4, 0.5) is 11.4 Å². The van der Waals surface area contributed by atoms with E-state index in [9.17, 15) is 4.79 Å². The minimum atomic E-state index is -0.470. The molecule has 2 aromatic rings. The zero-order valence-electron chi connectivity index (χ0n) is 10.1. The highest BCUT2D eigenvalue weighted by Gasteiger charge is 2.05. The van der Waals surface area contributed by atoms with E-state index in [0.717, 1.165) is 12.2 Å². The molecule has 4 nitrogen and oxygen atoms in total. The Hall–Kier alpha value is -2.01. The van der Waals surface area contributed by atoms with Crippen molar-refractivity contribution in [1.29, 1.82) is 0 Å². The second-order valence-corrected chi connectivity index (χ2v) is 5.05. The molecular weight excluding hydrogens is 246 g/mol. The fraction of sp³-hybridized carbons (Fsp3) is 0.154. The molecule has 1 aromatic carbocycles. The van der Waals surface area contributed by atoms with Gasteiger partial charge in [0.15, 0.2) is 0 Å². The molecule has 18 heavy (non-hydrogen) atoms. The predicted molar refractivity (Wildman–Crippen MR) is 75.8 cm³/mol. The molecule has 0 bridgehead atoms. The largest absolute Gasteiger partial charge is 0.397 e. The lowest BCUT2D eigenvalue weighted by molar-refractivity contribution is 0.100. The van der Waals surface area contributed by atoms with Gasteiger partial charge in [-0.3, -0.25) is 4.79 Å². The third kappa shape index (κ3) is 2.62. The molecule has 94 valence electrons. The van der Waals surface area contributed by atoms with E-state index < -0.39 is 5.91 Å². The van der Waals surface area contributed by atoms with E-state index in [1.54, 1.807) is 29.5 Å². The van der Waals surface area contributed by atoms with Crippen molar-refractivity contribution in [2.45, 2.75) is 13.5 Å². The smallest absolute Gasteiger partial charge is 0.248 e. The van der Waals surface area contributed by atoms with E-state index >= 15 is 0 Å². The van der Waals surface area contributed by atoms with Crippen molar-refractivity contribution in [3.8, 4) is 0 Å². The second kappa shape index (κ2) is 5.10. The minimum absolute atomic E-state index is 0.422. The average molecular weight is 261 g/mol. The molecule has 2 rings (SSSR count). The summed E-state index contributed by atoms with van der Waals surface area (Å²) in [6, 6.07) is 7.12. The molecule has 0 spiro atoms. The highest BCUT2D eigenvalue weighted by atomic mass is 32.1. The number of nitrogen functional groups attached to an aromatic ring is 1. The van der Waals surface area contributed by atoms with Crippen LogP contribution in [-0.4, -0.2) is 5.91 Å². The van der Waals surface area contributed by atoms with E-state index in [0.29, 0.717) is 11.3 Å². The van der Waals surface area contributed by atoms with Crippen LogP contribution >= 0.6 is 11.3 Å². The van der Waals surface area contributed by atoms with Crippen molar-refractivity contribution in [3.63, 3.8) is 0 Å². The van der Waals surface area contributed by atoms with E-state index in [2.05, 4.69) is 23.7 Å². The van der Waals surface area contributed by atoms with Crippen LogP contribution in [0.5, 0.6) is 0 Å². The number of amides is 1. The molecule has 0 saturated heterocycles. The maximum atomic E-state index is 11.0. The van der Waals surface area contributed by atoms with Crippen LogP contribution in [0, 0.1) is 6.92 Å². The van der Waals surface area contributed by atoms with Crippen LogP contribution in [-0.2, 0) is 6.54 Å². The molecular formula is C13H15N3OS. The first kappa shape index (κ1) is 12.4. The van der Waals surface area contributed by atoms with Crippen LogP contribution in [0.15, 0.2) is 29.6 Å². The summed E-state index contributed by atoms with van der Waals surface area (Å²) in [5.74, 6) is -0.470. The monoisotopic (exact) mass is 261 g/mol. The molecule has 0 unspecified atom stereocenters. The minimum Gasteiger partial charge on any atom is -0.397 e. The van der Waals surface area contributed by atoms with Gasteiger partial charge in [-0.1, -0.05) is 0 Å². The van der Waals surface area contributed by atoms with Gasteiger partial charge in [-0.05, 0) is 42.1 Å². The van der Waals surface area contributed by atoms with Crippen LogP contribution in [0.2, 0.25) is 0 Å². The van der Waals surface area contributed by atoms with Gasteiger partial charge in [0, 0.05) is 17.0 Å². The summed E-state index contributed by atoms with van der Waals surface area (Å²) in [5.41, 5.74) is 14.1. The van der Waals surface area contributed by atoms with E-state index in [1.165, 1.54) is 10.4 Å². The lowest BCUT2D eigenvalue weighted by atomic mass is 10.1. The average Bonchev–Trinajstić information content (AvgIpc) is 2.73. The van der Waals surface area contributed by atoms with Gasteiger partial charge in [-0.15, -0.1) is 11.3 Å². The maximum absolute atomic E-state index is 11.0. The summed E-state index contributed by atoms with van der Waals surface area (Å²) in [6.45, 7) is 2.80. The summed E-state index contributed by atoms with van der Waals surface area (Å²) in [5, 5.41) is 5.32. The Morgan fingerprint density at radius 1 is 1.39 bits per heavy atom. The third-order valence-electron chi connectivity index (χ3n) is 2.74. The third-order valence-corrected chi connectivity index (χ3v) is 3.77. The SMILES string of the molecule is Cc1ccsc1CNc1ccc(C(N)=O)cc1N. The van der Waals surface area contributed by atoms with Gasteiger partial charge in [-0.2, -0.15) is 0 Å². The van der Waals surface area contributed by atoms with Gasteiger partial charge < -0.3 is 16.8 Å². The Bertz CT molecular complexity index is 577. The number of anilines is 2. The number of carbonyl (C=O) groups is 1. The molecule has 0 fully saturated rings. The van der Waals surface area contributed by atoms with Gasteiger partial charge in [0.1, 0.15) is 0 Å². The van der Waals surface area contributed by atoms with Gasteiger partial charge in [0.25, 0.3) is 0 Å². The number of nitrogens with one attached hydrogen (secondary N) is 1.